The van der Waals surface area contributed by atoms with E-state index >= 15 is 0 Å². The van der Waals surface area contributed by atoms with Crippen molar-refractivity contribution in [3.63, 3.8) is 0 Å². The summed E-state index contributed by atoms with van der Waals surface area (Å²) < 4.78 is 6.15. The molecule has 0 spiro atoms. The van der Waals surface area contributed by atoms with Crippen LogP contribution in [0.4, 0.5) is 0 Å². The van der Waals surface area contributed by atoms with Crippen LogP contribution >= 0.6 is 0 Å². The predicted octanol–water partition coefficient (Wildman–Crippen LogP) is 7.51. The van der Waals surface area contributed by atoms with Gasteiger partial charge in [-0.1, -0.05) is 57.3 Å². The zero-order valence-electron chi connectivity index (χ0n) is 21.0. The molecule has 0 amide bonds. The monoisotopic (exact) mass is 452 g/mol. The molecule has 4 rings (SSSR count). The molecule has 0 radical (unpaired) electrons. The van der Waals surface area contributed by atoms with E-state index in [1.807, 2.05) is 12.2 Å². The molecule has 4 unspecified atom stereocenters. The molecule has 3 fully saturated rings. The van der Waals surface area contributed by atoms with Crippen LogP contribution in [0.1, 0.15) is 104 Å². The third kappa shape index (κ3) is 4.93. The molecule has 4 aliphatic rings. The van der Waals surface area contributed by atoms with Gasteiger partial charge in [-0.05, 0) is 87.7 Å². The van der Waals surface area contributed by atoms with Gasteiger partial charge in [0.05, 0.1) is 0 Å². The minimum Gasteiger partial charge on any atom is -0.462 e. The lowest BCUT2D eigenvalue weighted by Crippen LogP contribution is -2.51. The van der Waals surface area contributed by atoms with E-state index in [1.165, 1.54) is 50.5 Å². The fraction of sp³-hybridized carbons (Fsp3) is 0.733. The maximum atomic E-state index is 12.7. The Hall–Kier alpha value is -1.64. The number of fused-ring (bicyclic) bond motifs is 5. The molecule has 0 N–H and O–H groups in total. The highest BCUT2D eigenvalue weighted by atomic mass is 16.5. The maximum absolute atomic E-state index is 12.7. The van der Waals surface area contributed by atoms with Crippen LogP contribution in [-0.4, -0.2) is 17.9 Å². The Morgan fingerprint density at radius 2 is 1.82 bits per heavy atom. The first-order valence-electron chi connectivity index (χ1n) is 13.6. The lowest BCUT2D eigenvalue weighted by molar-refractivity contribution is -0.159. The van der Waals surface area contributed by atoms with Gasteiger partial charge in [-0.25, -0.2) is 0 Å². The van der Waals surface area contributed by atoms with Gasteiger partial charge >= 0.3 is 5.97 Å². The molecule has 3 saturated carbocycles. The Morgan fingerprint density at radius 3 is 2.61 bits per heavy atom. The second-order valence-electron chi connectivity index (χ2n) is 11.7. The van der Waals surface area contributed by atoms with Crippen molar-refractivity contribution in [3.8, 4) is 0 Å². The van der Waals surface area contributed by atoms with Crippen molar-refractivity contribution in [2.75, 3.05) is 0 Å². The summed E-state index contributed by atoms with van der Waals surface area (Å²) in [6, 6.07) is 0. The fourth-order valence-electron chi connectivity index (χ4n) is 7.83. The average molecular weight is 453 g/mol. The number of carbonyl (C=O) groups excluding carboxylic acids is 2. The van der Waals surface area contributed by atoms with E-state index in [1.54, 1.807) is 6.08 Å². The summed E-state index contributed by atoms with van der Waals surface area (Å²) in [4.78, 5) is 24.6. The highest BCUT2D eigenvalue weighted by Crippen LogP contribution is 2.64. The lowest BCUT2D eigenvalue weighted by Gasteiger charge is -2.56. The largest absolute Gasteiger partial charge is 0.462 e. The summed E-state index contributed by atoms with van der Waals surface area (Å²) >= 11 is 0. The predicted molar refractivity (Wildman–Crippen MR) is 134 cm³/mol. The van der Waals surface area contributed by atoms with Crippen LogP contribution in [0, 0.1) is 28.6 Å². The van der Waals surface area contributed by atoms with Gasteiger partial charge in [-0.15, -0.1) is 6.58 Å². The van der Waals surface area contributed by atoms with Crippen LogP contribution in [-0.2, 0) is 14.3 Å². The van der Waals surface area contributed by atoms with Gasteiger partial charge in [0, 0.05) is 17.3 Å². The third-order valence-electron chi connectivity index (χ3n) is 9.78. The van der Waals surface area contributed by atoms with Gasteiger partial charge in [0.15, 0.2) is 5.78 Å². The number of carbonyl (C=O) groups is 2. The van der Waals surface area contributed by atoms with Gasteiger partial charge in [0.1, 0.15) is 6.10 Å². The molecular weight excluding hydrogens is 408 g/mol. The number of hydrogen-bond donors (Lipinski definition) is 0. The van der Waals surface area contributed by atoms with Crippen molar-refractivity contribution >= 4 is 11.8 Å². The quantitative estimate of drug-likeness (QED) is 0.196. The van der Waals surface area contributed by atoms with Crippen LogP contribution in [0.15, 0.2) is 36.5 Å². The molecule has 33 heavy (non-hydrogen) atoms. The topological polar surface area (TPSA) is 43.4 Å². The molecule has 4 aliphatic carbocycles. The molecule has 0 bridgehead atoms. The summed E-state index contributed by atoms with van der Waals surface area (Å²) in [5.41, 5.74) is 1.51. The molecule has 0 aliphatic heterocycles. The fourth-order valence-corrected chi connectivity index (χ4v) is 7.83. The van der Waals surface area contributed by atoms with Gasteiger partial charge in [0.25, 0.3) is 0 Å². The normalized spacial score (nSPS) is 37.0. The average Bonchev–Trinajstić information content (AvgIpc) is 3.12. The van der Waals surface area contributed by atoms with E-state index < -0.39 is 0 Å². The van der Waals surface area contributed by atoms with E-state index in [-0.39, 0.29) is 28.7 Å². The van der Waals surface area contributed by atoms with Gasteiger partial charge in [-0.3, -0.25) is 9.59 Å². The van der Waals surface area contributed by atoms with E-state index in [0.29, 0.717) is 24.2 Å². The molecule has 0 aromatic carbocycles. The maximum Gasteiger partial charge on any atom is 0.306 e. The van der Waals surface area contributed by atoms with Crippen molar-refractivity contribution in [2.45, 2.75) is 110 Å². The zero-order valence-corrected chi connectivity index (χ0v) is 21.0. The number of ketones is 1. The molecule has 0 heterocycles. The third-order valence-corrected chi connectivity index (χ3v) is 9.78. The second-order valence-corrected chi connectivity index (χ2v) is 11.7. The minimum atomic E-state index is 0.0187. The molecule has 3 heteroatoms. The van der Waals surface area contributed by atoms with Crippen molar-refractivity contribution < 1.29 is 14.3 Å². The molecule has 6 atom stereocenters. The van der Waals surface area contributed by atoms with Crippen LogP contribution in [0.25, 0.3) is 0 Å². The van der Waals surface area contributed by atoms with E-state index in [2.05, 4.69) is 26.5 Å². The smallest absolute Gasteiger partial charge is 0.306 e. The van der Waals surface area contributed by atoms with E-state index in [9.17, 15) is 9.59 Å². The highest BCUT2D eigenvalue weighted by Gasteiger charge is 2.59. The van der Waals surface area contributed by atoms with Crippen molar-refractivity contribution in [2.24, 2.45) is 28.6 Å². The number of rotatable bonds is 10. The van der Waals surface area contributed by atoms with Gasteiger partial charge in [0.2, 0.25) is 0 Å². The minimum absolute atomic E-state index is 0.0187. The molecule has 182 valence electrons. The Kier molecular flexibility index (Phi) is 7.66. The van der Waals surface area contributed by atoms with Crippen molar-refractivity contribution in [3.05, 3.63) is 36.5 Å². The number of ether oxygens (including phenoxy) is 1. The SMILES string of the molecule is C=CCCCCCCCCC(=O)OC1CCC2C3CCC4=CC(=O)C=C[C@]4(C)C3CC[C@]12C. The number of esters is 1. The summed E-state index contributed by atoms with van der Waals surface area (Å²) in [6.45, 7) is 8.53. The molecule has 0 aromatic rings. The standard InChI is InChI=1S/C30H44O3/c1-4-5-6-7-8-9-10-11-12-28(32)33-27-16-15-25-24-14-13-22-21-23(31)17-19-29(22,2)26(24)18-20-30(25,27)3/h4,17,19,21,24-27H,1,5-16,18,20H2,2-3H3/t24?,25?,26?,27?,29-,30-/m0/s1. The Bertz CT molecular complexity index is 807. The summed E-state index contributed by atoms with van der Waals surface area (Å²) in [5.74, 6) is 2.09. The number of allylic oxidation sites excluding steroid dienone is 5. The van der Waals surface area contributed by atoms with E-state index in [4.69, 9.17) is 4.74 Å². The van der Waals surface area contributed by atoms with Crippen molar-refractivity contribution in [1.29, 1.82) is 0 Å². The van der Waals surface area contributed by atoms with Crippen LogP contribution in [0.5, 0.6) is 0 Å². The second kappa shape index (κ2) is 10.3. The molecule has 0 saturated heterocycles. The van der Waals surface area contributed by atoms with Gasteiger partial charge < -0.3 is 4.74 Å². The first kappa shape index (κ1) is 24.5. The molecular formula is C30H44O3. The van der Waals surface area contributed by atoms with E-state index in [0.717, 1.165) is 38.5 Å². The summed E-state index contributed by atoms with van der Waals surface area (Å²) in [5, 5.41) is 0. The Labute approximate surface area is 201 Å². The first-order valence-corrected chi connectivity index (χ1v) is 13.6. The summed E-state index contributed by atoms with van der Waals surface area (Å²) in [7, 11) is 0. The number of unbranched alkanes of at least 4 members (excludes halogenated alkanes) is 6. The highest BCUT2D eigenvalue weighted by molar-refractivity contribution is 6.01. The van der Waals surface area contributed by atoms with Gasteiger partial charge in [-0.2, -0.15) is 0 Å². The molecule has 3 nitrogen and oxygen atoms in total. The lowest BCUT2D eigenvalue weighted by atomic mass is 9.48. The Morgan fingerprint density at radius 1 is 1.06 bits per heavy atom. The van der Waals surface area contributed by atoms with Crippen LogP contribution in [0.2, 0.25) is 0 Å². The van der Waals surface area contributed by atoms with Crippen molar-refractivity contribution in [1.82, 2.24) is 0 Å². The number of hydrogen-bond acceptors (Lipinski definition) is 3. The zero-order chi connectivity index (χ0) is 23.5. The summed E-state index contributed by atoms with van der Waals surface area (Å²) in [6.07, 6.45) is 23.4. The Balaban J connectivity index is 1.28. The molecule has 0 aromatic heterocycles. The first-order chi connectivity index (χ1) is 15.9. The van der Waals surface area contributed by atoms with Crippen LogP contribution in [0.3, 0.4) is 0 Å². The van der Waals surface area contributed by atoms with Crippen LogP contribution < -0.4 is 0 Å².